The SMILES string of the molecule is CNC(=O)C[C@H]1C(=O)NCCN1Cc1cnc(-c2cccs2)nc1. The predicted molar refractivity (Wildman–Crippen MR) is 91.2 cm³/mol. The lowest BCUT2D eigenvalue weighted by atomic mass is 10.1. The van der Waals surface area contributed by atoms with Gasteiger partial charge in [0.15, 0.2) is 5.82 Å². The van der Waals surface area contributed by atoms with Gasteiger partial charge in [-0.25, -0.2) is 9.97 Å². The van der Waals surface area contributed by atoms with E-state index in [1.54, 1.807) is 30.8 Å². The Morgan fingerprint density at radius 1 is 1.46 bits per heavy atom. The van der Waals surface area contributed by atoms with E-state index in [2.05, 4.69) is 20.6 Å². The summed E-state index contributed by atoms with van der Waals surface area (Å²) in [4.78, 5) is 35.6. The second kappa shape index (κ2) is 7.50. The topological polar surface area (TPSA) is 87.2 Å². The molecule has 2 aromatic rings. The lowest BCUT2D eigenvalue weighted by Crippen LogP contribution is -2.56. The van der Waals surface area contributed by atoms with Gasteiger partial charge < -0.3 is 10.6 Å². The van der Waals surface area contributed by atoms with Crippen LogP contribution in [0.1, 0.15) is 12.0 Å². The minimum Gasteiger partial charge on any atom is -0.359 e. The van der Waals surface area contributed by atoms with E-state index in [0.29, 0.717) is 25.5 Å². The maximum atomic E-state index is 12.1. The Morgan fingerprint density at radius 2 is 2.25 bits per heavy atom. The first kappa shape index (κ1) is 16.5. The molecule has 0 unspecified atom stereocenters. The van der Waals surface area contributed by atoms with Crippen molar-refractivity contribution >= 4 is 23.2 Å². The number of amides is 2. The third-order valence-corrected chi connectivity index (χ3v) is 4.80. The summed E-state index contributed by atoms with van der Waals surface area (Å²) in [6.45, 7) is 1.82. The fourth-order valence-corrected chi connectivity index (χ4v) is 3.33. The van der Waals surface area contributed by atoms with Gasteiger partial charge in [0.2, 0.25) is 11.8 Å². The van der Waals surface area contributed by atoms with Gasteiger partial charge in [-0.3, -0.25) is 14.5 Å². The lowest BCUT2D eigenvalue weighted by Gasteiger charge is -2.34. The van der Waals surface area contributed by atoms with E-state index in [-0.39, 0.29) is 18.2 Å². The van der Waals surface area contributed by atoms with Crippen molar-refractivity contribution in [1.82, 2.24) is 25.5 Å². The van der Waals surface area contributed by atoms with Crippen LogP contribution in [0.4, 0.5) is 0 Å². The molecule has 0 saturated carbocycles. The van der Waals surface area contributed by atoms with Gasteiger partial charge in [0.25, 0.3) is 0 Å². The largest absolute Gasteiger partial charge is 0.359 e. The zero-order valence-corrected chi connectivity index (χ0v) is 14.2. The molecule has 0 aromatic carbocycles. The highest BCUT2D eigenvalue weighted by Crippen LogP contribution is 2.21. The van der Waals surface area contributed by atoms with Gasteiger partial charge in [0.1, 0.15) is 0 Å². The number of carbonyl (C=O) groups excluding carboxylic acids is 2. The Kier molecular flexibility index (Phi) is 5.17. The van der Waals surface area contributed by atoms with Crippen LogP contribution in [-0.4, -0.2) is 52.9 Å². The van der Waals surface area contributed by atoms with Crippen molar-refractivity contribution in [3.8, 4) is 10.7 Å². The molecule has 0 radical (unpaired) electrons. The lowest BCUT2D eigenvalue weighted by molar-refractivity contribution is -0.134. The van der Waals surface area contributed by atoms with Crippen LogP contribution in [0.2, 0.25) is 0 Å². The summed E-state index contributed by atoms with van der Waals surface area (Å²) < 4.78 is 0. The van der Waals surface area contributed by atoms with Crippen LogP contribution in [-0.2, 0) is 16.1 Å². The van der Waals surface area contributed by atoms with Crippen molar-refractivity contribution in [1.29, 1.82) is 0 Å². The highest BCUT2D eigenvalue weighted by atomic mass is 32.1. The van der Waals surface area contributed by atoms with E-state index >= 15 is 0 Å². The molecule has 126 valence electrons. The maximum absolute atomic E-state index is 12.1. The van der Waals surface area contributed by atoms with E-state index < -0.39 is 6.04 Å². The number of thiophene rings is 1. The summed E-state index contributed by atoms with van der Waals surface area (Å²) >= 11 is 1.59. The molecule has 1 saturated heterocycles. The van der Waals surface area contributed by atoms with Crippen LogP contribution in [0.25, 0.3) is 10.7 Å². The molecule has 2 N–H and O–H groups in total. The number of rotatable bonds is 5. The van der Waals surface area contributed by atoms with Crippen LogP contribution in [0, 0.1) is 0 Å². The number of hydrogen-bond donors (Lipinski definition) is 2. The molecule has 0 bridgehead atoms. The number of carbonyl (C=O) groups is 2. The molecule has 1 atom stereocenters. The van der Waals surface area contributed by atoms with Gasteiger partial charge in [-0.05, 0) is 11.4 Å². The van der Waals surface area contributed by atoms with E-state index in [1.807, 2.05) is 22.4 Å². The average molecular weight is 345 g/mol. The third kappa shape index (κ3) is 3.77. The normalized spacial score (nSPS) is 18.2. The maximum Gasteiger partial charge on any atom is 0.237 e. The minimum atomic E-state index is -0.462. The Morgan fingerprint density at radius 3 is 2.92 bits per heavy atom. The number of aromatic nitrogens is 2. The first-order valence-corrected chi connectivity index (χ1v) is 8.62. The molecule has 8 heteroatoms. The molecule has 1 aliphatic heterocycles. The monoisotopic (exact) mass is 345 g/mol. The average Bonchev–Trinajstić information content (AvgIpc) is 3.13. The molecule has 2 amide bonds. The molecule has 24 heavy (non-hydrogen) atoms. The quantitative estimate of drug-likeness (QED) is 0.830. The molecule has 0 spiro atoms. The number of hydrogen-bond acceptors (Lipinski definition) is 6. The standard InChI is InChI=1S/C16H19N5O2S/c1-17-14(22)7-12-16(23)18-4-5-21(12)10-11-8-19-15(20-9-11)13-3-2-6-24-13/h2-3,6,8-9,12H,4-5,7,10H2,1H3,(H,17,22)(H,18,23)/t12-/m0/s1. The van der Waals surface area contributed by atoms with Crippen LogP contribution < -0.4 is 10.6 Å². The van der Waals surface area contributed by atoms with Crippen molar-refractivity contribution in [2.45, 2.75) is 19.0 Å². The van der Waals surface area contributed by atoms with Crippen LogP contribution in [0.3, 0.4) is 0 Å². The molecular weight excluding hydrogens is 326 g/mol. The highest BCUT2D eigenvalue weighted by Gasteiger charge is 2.31. The van der Waals surface area contributed by atoms with Gasteiger partial charge in [-0.2, -0.15) is 0 Å². The van der Waals surface area contributed by atoms with E-state index in [4.69, 9.17) is 0 Å². The molecule has 3 rings (SSSR count). The summed E-state index contributed by atoms with van der Waals surface area (Å²) in [6.07, 6.45) is 3.72. The van der Waals surface area contributed by atoms with Crippen LogP contribution in [0.5, 0.6) is 0 Å². The van der Waals surface area contributed by atoms with Gasteiger partial charge in [-0.15, -0.1) is 11.3 Å². The first-order chi connectivity index (χ1) is 11.7. The Bertz CT molecular complexity index is 702. The number of nitrogens with zero attached hydrogens (tertiary/aromatic N) is 3. The Balaban J connectivity index is 1.70. The fraction of sp³-hybridized carbons (Fsp3) is 0.375. The predicted octanol–water partition coefficient (Wildman–Crippen LogP) is 0.642. The Labute approximate surface area is 144 Å². The van der Waals surface area contributed by atoms with Crippen LogP contribution >= 0.6 is 11.3 Å². The van der Waals surface area contributed by atoms with Gasteiger partial charge in [0.05, 0.1) is 17.3 Å². The molecule has 7 nitrogen and oxygen atoms in total. The summed E-state index contributed by atoms with van der Waals surface area (Å²) in [5.41, 5.74) is 0.923. The second-order valence-corrected chi connectivity index (χ2v) is 6.49. The smallest absolute Gasteiger partial charge is 0.237 e. The first-order valence-electron chi connectivity index (χ1n) is 7.74. The van der Waals surface area contributed by atoms with Crippen molar-refractivity contribution < 1.29 is 9.59 Å². The summed E-state index contributed by atoms with van der Waals surface area (Å²) in [6, 6.07) is 3.48. The second-order valence-electron chi connectivity index (χ2n) is 5.55. The molecule has 0 aliphatic carbocycles. The molecular formula is C16H19N5O2S. The summed E-state index contributed by atoms with van der Waals surface area (Å²) in [5.74, 6) is 0.444. The summed E-state index contributed by atoms with van der Waals surface area (Å²) in [5, 5.41) is 7.37. The molecule has 2 aromatic heterocycles. The fourth-order valence-electron chi connectivity index (χ4n) is 2.65. The van der Waals surface area contributed by atoms with Crippen molar-refractivity contribution in [2.24, 2.45) is 0 Å². The van der Waals surface area contributed by atoms with E-state index in [1.165, 1.54) is 0 Å². The minimum absolute atomic E-state index is 0.110. The zero-order chi connectivity index (χ0) is 16.9. The van der Waals surface area contributed by atoms with E-state index in [9.17, 15) is 9.59 Å². The van der Waals surface area contributed by atoms with Crippen molar-refractivity contribution in [3.63, 3.8) is 0 Å². The number of nitrogens with one attached hydrogen (secondary N) is 2. The molecule has 1 aliphatic rings. The van der Waals surface area contributed by atoms with Crippen molar-refractivity contribution in [3.05, 3.63) is 35.5 Å². The zero-order valence-electron chi connectivity index (χ0n) is 13.4. The Hall–Kier alpha value is -2.32. The van der Waals surface area contributed by atoms with E-state index in [0.717, 1.165) is 10.4 Å². The van der Waals surface area contributed by atoms with Gasteiger partial charge >= 0.3 is 0 Å². The summed E-state index contributed by atoms with van der Waals surface area (Å²) in [7, 11) is 1.57. The highest BCUT2D eigenvalue weighted by molar-refractivity contribution is 7.13. The van der Waals surface area contributed by atoms with Gasteiger partial charge in [0, 0.05) is 44.6 Å². The number of piperazine rings is 1. The van der Waals surface area contributed by atoms with Gasteiger partial charge in [-0.1, -0.05) is 6.07 Å². The van der Waals surface area contributed by atoms with Crippen molar-refractivity contribution in [2.75, 3.05) is 20.1 Å². The third-order valence-electron chi connectivity index (χ3n) is 3.93. The molecule has 1 fully saturated rings. The van der Waals surface area contributed by atoms with Crippen LogP contribution in [0.15, 0.2) is 29.9 Å². The molecule has 3 heterocycles.